The Labute approximate surface area is 106 Å². The fourth-order valence-electron chi connectivity index (χ4n) is 2.84. The molecular formula is C13H15ClN2O. The van der Waals surface area contributed by atoms with E-state index in [0.29, 0.717) is 11.6 Å². The van der Waals surface area contributed by atoms with Crippen LogP contribution in [0.5, 0.6) is 0 Å². The van der Waals surface area contributed by atoms with Crippen molar-refractivity contribution in [3.8, 4) is 0 Å². The van der Waals surface area contributed by atoms with E-state index in [1.54, 1.807) is 6.07 Å². The molecule has 0 saturated heterocycles. The Balaban J connectivity index is 1.99. The number of halogens is 1. The van der Waals surface area contributed by atoms with E-state index < -0.39 is 0 Å². The number of carbonyl (C=O) groups excluding carboxylic acids is 1. The second-order valence-electron chi connectivity index (χ2n) is 4.96. The van der Waals surface area contributed by atoms with Crippen molar-refractivity contribution in [1.82, 2.24) is 0 Å². The second-order valence-corrected chi connectivity index (χ2v) is 5.36. The first-order valence-electron chi connectivity index (χ1n) is 6.05. The summed E-state index contributed by atoms with van der Waals surface area (Å²) in [4.78, 5) is 12.3. The molecule has 2 aliphatic rings. The molecule has 1 aliphatic carbocycles. The molecule has 0 atom stereocenters. The van der Waals surface area contributed by atoms with Gasteiger partial charge in [-0.05, 0) is 25.0 Å². The minimum absolute atomic E-state index is 0.120. The van der Waals surface area contributed by atoms with Crippen LogP contribution in [-0.2, 0) is 4.79 Å². The molecule has 4 heteroatoms. The van der Waals surface area contributed by atoms with Gasteiger partial charge in [-0.25, -0.2) is 0 Å². The smallest absolute Gasteiger partial charge is 0.232 e. The van der Waals surface area contributed by atoms with E-state index in [-0.39, 0.29) is 11.3 Å². The molecule has 1 heterocycles. The van der Waals surface area contributed by atoms with Crippen LogP contribution in [0, 0.1) is 5.41 Å². The number of para-hydroxylation sites is 1. The van der Waals surface area contributed by atoms with Crippen molar-refractivity contribution in [2.75, 3.05) is 17.2 Å². The van der Waals surface area contributed by atoms with Crippen LogP contribution in [0.1, 0.15) is 25.7 Å². The van der Waals surface area contributed by atoms with Gasteiger partial charge in [-0.3, -0.25) is 4.79 Å². The second kappa shape index (κ2) is 3.91. The molecule has 0 unspecified atom stereocenters. The average Bonchev–Trinajstić information content (AvgIpc) is 2.74. The fourth-order valence-corrected chi connectivity index (χ4v) is 3.07. The maximum absolute atomic E-state index is 12.3. The summed E-state index contributed by atoms with van der Waals surface area (Å²) in [5.41, 5.74) is 1.42. The first-order chi connectivity index (χ1) is 8.21. The lowest BCUT2D eigenvalue weighted by Gasteiger charge is -2.24. The molecule has 0 radical (unpaired) electrons. The van der Waals surface area contributed by atoms with Gasteiger partial charge in [0.25, 0.3) is 0 Å². The van der Waals surface area contributed by atoms with Gasteiger partial charge in [-0.15, -0.1) is 0 Å². The zero-order valence-electron chi connectivity index (χ0n) is 9.55. The van der Waals surface area contributed by atoms with Crippen molar-refractivity contribution in [3.63, 3.8) is 0 Å². The number of hydrogen-bond acceptors (Lipinski definition) is 2. The van der Waals surface area contributed by atoms with Crippen molar-refractivity contribution < 1.29 is 4.79 Å². The molecule has 1 spiro atoms. The van der Waals surface area contributed by atoms with Gasteiger partial charge in [-0.1, -0.05) is 30.5 Å². The molecule has 2 N–H and O–H groups in total. The predicted molar refractivity (Wildman–Crippen MR) is 69.5 cm³/mol. The van der Waals surface area contributed by atoms with Gasteiger partial charge >= 0.3 is 0 Å². The first-order valence-corrected chi connectivity index (χ1v) is 6.43. The molecule has 1 amide bonds. The standard InChI is InChI=1S/C13H15ClN2O/c14-9-4-3-5-10-11(9)16-12(17)13(8-15-10)6-1-2-7-13/h3-5,15H,1-2,6-8H2,(H,16,17). The molecule has 1 saturated carbocycles. The lowest BCUT2D eigenvalue weighted by atomic mass is 9.85. The summed E-state index contributed by atoms with van der Waals surface area (Å²) in [7, 11) is 0. The first kappa shape index (κ1) is 10.9. The van der Waals surface area contributed by atoms with E-state index in [2.05, 4.69) is 10.6 Å². The van der Waals surface area contributed by atoms with E-state index in [0.717, 1.165) is 37.1 Å². The van der Waals surface area contributed by atoms with Gasteiger partial charge in [0, 0.05) is 6.54 Å². The lowest BCUT2D eigenvalue weighted by molar-refractivity contribution is -0.124. The fraction of sp³-hybridized carbons (Fsp3) is 0.462. The third-order valence-electron chi connectivity index (χ3n) is 3.91. The molecule has 90 valence electrons. The Morgan fingerprint density at radius 1 is 1.24 bits per heavy atom. The Bertz CT molecular complexity index is 466. The van der Waals surface area contributed by atoms with Crippen LogP contribution in [0.2, 0.25) is 5.02 Å². The minimum atomic E-state index is -0.234. The Kier molecular flexibility index (Phi) is 2.51. The van der Waals surface area contributed by atoms with Gasteiger partial charge in [0.1, 0.15) is 0 Å². The molecule has 1 aromatic carbocycles. The van der Waals surface area contributed by atoms with Crippen LogP contribution in [0.15, 0.2) is 18.2 Å². The molecule has 3 nitrogen and oxygen atoms in total. The maximum atomic E-state index is 12.3. The Morgan fingerprint density at radius 2 is 2.00 bits per heavy atom. The normalized spacial score (nSPS) is 21.6. The molecule has 1 aliphatic heterocycles. The molecule has 0 aromatic heterocycles. The van der Waals surface area contributed by atoms with Crippen molar-refractivity contribution in [2.45, 2.75) is 25.7 Å². The number of benzene rings is 1. The number of hydrogen-bond donors (Lipinski definition) is 2. The minimum Gasteiger partial charge on any atom is -0.382 e. The number of carbonyl (C=O) groups is 1. The highest BCUT2D eigenvalue weighted by molar-refractivity contribution is 6.34. The molecule has 3 rings (SSSR count). The number of rotatable bonds is 0. The highest BCUT2D eigenvalue weighted by Crippen LogP contribution is 2.43. The van der Waals surface area contributed by atoms with Gasteiger partial charge in [0.2, 0.25) is 5.91 Å². The average molecular weight is 251 g/mol. The van der Waals surface area contributed by atoms with Gasteiger partial charge in [0.15, 0.2) is 0 Å². The highest BCUT2D eigenvalue weighted by atomic mass is 35.5. The van der Waals surface area contributed by atoms with Gasteiger partial charge in [0.05, 0.1) is 21.8 Å². The zero-order valence-corrected chi connectivity index (χ0v) is 10.3. The summed E-state index contributed by atoms with van der Waals surface area (Å²) < 4.78 is 0. The Hall–Kier alpha value is -1.22. The Morgan fingerprint density at radius 3 is 2.76 bits per heavy atom. The predicted octanol–water partition coefficient (Wildman–Crippen LogP) is 3.26. The molecule has 1 fully saturated rings. The summed E-state index contributed by atoms with van der Waals surface area (Å²) in [5, 5.41) is 6.95. The molecule has 17 heavy (non-hydrogen) atoms. The lowest BCUT2D eigenvalue weighted by Crippen LogP contribution is -2.37. The van der Waals surface area contributed by atoms with Crippen molar-refractivity contribution in [2.24, 2.45) is 5.41 Å². The van der Waals surface area contributed by atoms with Crippen LogP contribution in [-0.4, -0.2) is 12.5 Å². The zero-order chi connectivity index (χ0) is 11.9. The van der Waals surface area contributed by atoms with Gasteiger partial charge in [-0.2, -0.15) is 0 Å². The summed E-state index contributed by atoms with van der Waals surface area (Å²) in [6.45, 7) is 0.714. The monoisotopic (exact) mass is 250 g/mol. The molecule has 1 aromatic rings. The maximum Gasteiger partial charge on any atom is 0.232 e. The third kappa shape index (κ3) is 1.69. The number of fused-ring (bicyclic) bond motifs is 1. The summed E-state index contributed by atoms with van der Waals surface area (Å²) in [6, 6.07) is 5.65. The number of amides is 1. The van der Waals surface area contributed by atoms with E-state index in [9.17, 15) is 4.79 Å². The van der Waals surface area contributed by atoms with E-state index >= 15 is 0 Å². The van der Waals surface area contributed by atoms with Crippen LogP contribution < -0.4 is 10.6 Å². The van der Waals surface area contributed by atoms with Crippen molar-refractivity contribution in [1.29, 1.82) is 0 Å². The third-order valence-corrected chi connectivity index (χ3v) is 4.23. The van der Waals surface area contributed by atoms with E-state index in [4.69, 9.17) is 11.6 Å². The molecule has 0 bridgehead atoms. The SMILES string of the molecule is O=C1Nc2c(Cl)cccc2NCC12CCCC2. The summed E-state index contributed by atoms with van der Waals surface area (Å²) in [5.74, 6) is 0.120. The largest absolute Gasteiger partial charge is 0.382 e. The van der Waals surface area contributed by atoms with Gasteiger partial charge < -0.3 is 10.6 Å². The van der Waals surface area contributed by atoms with E-state index in [1.165, 1.54) is 0 Å². The number of anilines is 2. The van der Waals surface area contributed by atoms with E-state index in [1.807, 2.05) is 12.1 Å². The number of nitrogens with one attached hydrogen (secondary N) is 2. The quantitative estimate of drug-likeness (QED) is 0.742. The summed E-state index contributed by atoms with van der Waals surface area (Å²) >= 11 is 6.12. The van der Waals surface area contributed by atoms with Crippen LogP contribution in [0.25, 0.3) is 0 Å². The van der Waals surface area contributed by atoms with Crippen LogP contribution in [0.3, 0.4) is 0 Å². The van der Waals surface area contributed by atoms with Crippen LogP contribution >= 0.6 is 11.6 Å². The van der Waals surface area contributed by atoms with Crippen molar-refractivity contribution in [3.05, 3.63) is 23.2 Å². The van der Waals surface area contributed by atoms with Crippen molar-refractivity contribution >= 4 is 28.9 Å². The molecular weight excluding hydrogens is 236 g/mol. The topological polar surface area (TPSA) is 41.1 Å². The highest BCUT2D eigenvalue weighted by Gasteiger charge is 2.42. The van der Waals surface area contributed by atoms with Crippen LogP contribution in [0.4, 0.5) is 11.4 Å². The summed E-state index contributed by atoms with van der Waals surface area (Å²) in [6.07, 6.45) is 4.22.